The van der Waals surface area contributed by atoms with Crippen LogP contribution in [-0.4, -0.2) is 15.7 Å². The maximum Gasteiger partial charge on any atom is 0.133 e. The van der Waals surface area contributed by atoms with E-state index in [2.05, 4.69) is 16.9 Å². The van der Waals surface area contributed by atoms with E-state index in [1.165, 1.54) is 36.3 Å². The molecule has 0 amide bonds. The van der Waals surface area contributed by atoms with Gasteiger partial charge in [-0.05, 0) is 37.9 Å². The fraction of sp³-hybridized carbons (Fsp3) is 0.667. The van der Waals surface area contributed by atoms with Crippen molar-refractivity contribution in [2.75, 3.05) is 5.75 Å². The minimum absolute atomic E-state index is 0.834. The van der Waals surface area contributed by atoms with Crippen LogP contribution >= 0.6 is 24.0 Å². The summed E-state index contributed by atoms with van der Waals surface area (Å²) in [6, 6.07) is 0. The number of aryl methyl sites for hydroxylation is 1. The van der Waals surface area contributed by atoms with Crippen molar-refractivity contribution in [2.45, 2.75) is 44.8 Å². The first kappa shape index (κ1) is 12.1. The summed E-state index contributed by atoms with van der Waals surface area (Å²) in [5.41, 5.74) is 2.64. The van der Waals surface area contributed by atoms with E-state index in [1.807, 2.05) is 11.8 Å². The lowest BCUT2D eigenvalue weighted by Gasteiger charge is -2.16. The second kappa shape index (κ2) is 5.82. The molecule has 1 N–H and O–H groups in total. The number of H-pyrrole nitrogens is 1. The molecule has 1 aromatic rings. The van der Waals surface area contributed by atoms with Gasteiger partial charge in [0.15, 0.2) is 0 Å². The quantitative estimate of drug-likeness (QED) is 0.656. The van der Waals surface area contributed by atoms with Gasteiger partial charge in [0.05, 0.1) is 5.75 Å². The van der Waals surface area contributed by atoms with Crippen LogP contribution in [0.15, 0.2) is 0 Å². The van der Waals surface area contributed by atoms with Gasteiger partial charge in [0, 0.05) is 11.3 Å². The molecule has 1 aliphatic rings. The van der Waals surface area contributed by atoms with E-state index in [1.54, 1.807) is 0 Å². The van der Waals surface area contributed by atoms with Crippen molar-refractivity contribution < 1.29 is 0 Å². The smallest absolute Gasteiger partial charge is 0.133 e. The first-order valence-corrected chi connectivity index (χ1v) is 7.56. The number of aromatic amines is 1. The van der Waals surface area contributed by atoms with Gasteiger partial charge in [0.25, 0.3) is 0 Å². The molecule has 2 rings (SSSR count). The molecule has 0 aliphatic heterocycles. The zero-order valence-corrected chi connectivity index (χ0v) is 11.3. The average molecular weight is 254 g/mol. The van der Waals surface area contributed by atoms with E-state index in [0.29, 0.717) is 0 Å². The summed E-state index contributed by atoms with van der Waals surface area (Å²) in [6.45, 7) is 2.20. The molecular formula is C12H18N2S2. The number of nitrogens with zero attached hydrogens (tertiary/aromatic N) is 1. The van der Waals surface area contributed by atoms with Gasteiger partial charge >= 0.3 is 0 Å². The van der Waals surface area contributed by atoms with Gasteiger partial charge in [0.1, 0.15) is 10.5 Å². The number of rotatable bonds is 4. The molecule has 0 unspecified atom stereocenters. The van der Waals surface area contributed by atoms with Crippen LogP contribution in [0.4, 0.5) is 0 Å². The highest BCUT2D eigenvalue weighted by atomic mass is 32.2. The van der Waals surface area contributed by atoms with Crippen molar-refractivity contribution in [3.63, 3.8) is 0 Å². The lowest BCUT2D eigenvalue weighted by molar-refractivity contribution is 0.655. The van der Waals surface area contributed by atoms with Gasteiger partial charge in [-0.1, -0.05) is 19.1 Å². The third-order valence-corrected chi connectivity index (χ3v) is 4.36. The molecule has 16 heavy (non-hydrogen) atoms. The largest absolute Gasteiger partial charge is 0.346 e. The molecular weight excluding hydrogens is 236 g/mol. The second-order valence-electron chi connectivity index (χ2n) is 4.21. The number of hydrogen-bond acceptors (Lipinski definition) is 3. The third kappa shape index (κ3) is 2.86. The number of hydrogen-bond donors (Lipinski definition) is 1. The summed E-state index contributed by atoms with van der Waals surface area (Å²) in [5.74, 6) is 3.22. The summed E-state index contributed by atoms with van der Waals surface area (Å²) in [7, 11) is 0. The second-order valence-corrected chi connectivity index (χ2v) is 5.70. The average Bonchev–Trinajstić information content (AvgIpc) is 2.30. The highest BCUT2D eigenvalue weighted by Crippen LogP contribution is 2.21. The molecule has 0 saturated carbocycles. The van der Waals surface area contributed by atoms with E-state index < -0.39 is 0 Å². The topological polar surface area (TPSA) is 28.7 Å². The molecule has 1 aromatic heterocycles. The maximum atomic E-state index is 5.36. The Kier molecular flexibility index (Phi) is 4.41. The molecule has 2 nitrogen and oxygen atoms in total. The number of aromatic nitrogens is 2. The van der Waals surface area contributed by atoms with Crippen molar-refractivity contribution in [3.05, 3.63) is 21.7 Å². The van der Waals surface area contributed by atoms with E-state index in [9.17, 15) is 0 Å². The van der Waals surface area contributed by atoms with Crippen LogP contribution in [0, 0.1) is 4.64 Å². The fourth-order valence-electron chi connectivity index (χ4n) is 2.05. The summed E-state index contributed by atoms with van der Waals surface area (Å²) in [4.78, 5) is 7.96. The van der Waals surface area contributed by atoms with Crippen molar-refractivity contribution in [2.24, 2.45) is 0 Å². The Hall–Kier alpha value is -0.350. The lowest BCUT2D eigenvalue weighted by Crippen LogP contribution is -2.10. The molecule has 0 atom stereocenters. The zero-order valence-electron chi connectivity index (χ0n) is 9.71. The normalized spacial score (nSPS) is 14.8. The summed E-state index contributed by atoms with van der Waals surface area (Å²) in [5, 5.41) is 0. The number of nitrogens with one attached hydrogen (secondary N) is 1. The van der Waals surface area contributed by atoms with E-state index in [-0.39, 0.29) is 0 Å². The molecule has 1 heterocycles. The predicted octanol–water partition coefficient (Wildman–Crippen LogP) is 3.66. The minimum atomic E-state index is 0.834. The van der Waals surface area contributed by atoms with Crippen LogP contribution in [-0.2, 0) is 18.6 Å². The molecule has 0 fully saturated rings. The predicted molar refractivity (Wildman–Crippen MR) is 72.5 cm³/mol. The van der Waals surface area contributed by atoms with Crippen LogP contribution in [0.25, 0.3) is 0 Å². The standard InChI is InChI=1S/C12H18N2S2/c1-2-7-16-8-11-13-10-6-4-3-5-9(10)12(15)14-11/h2-8H2,1H3,(H,13,14,15). The van der Waals surface area contributed by atoms with E-state index in [4.69, 9.17) is 12.2 Å². The van der Waals surface area contributed by atoms with Crippen LogP contribution < -0.4 is 0 Å². The van der Waals surface area contributed by atoms with Crippen LogP contribution in [0.1, 0.15) is 43.3 Å². The van der Waals surface area contributed by atoms with Crippen LogP contribution in [0.2, 0.25) is 0 Å². The monoisotopic (exact) mass is 254 g/mol. The number of fused-ring (bicyclic) bond motifs is 1. The van der Waals surface area contributed by atoms with Crippen molar-refractivity contribution in [1.29, 1.82) is 0 Å². The van der Waals surface area contributed by atoms with Gasteiger partial charge in [0.2, 0.25) is 0 Å². The highest BCUT2D eigenvalue weighted by molar-refractivity contribution is 7.98. The van der Waals surface area contributed by atoms with Crippen molar-refractivity contribution in [3.8, 4) is 0 Å². The Morgan fingerprint density at radius 1 is 1.38 bits per heavy atom. The first-order chi connectivity index (χ1) is 7.81. The molecule has 0 bridgehead atoms. The van der Waals surface area contributed by atoms with Crippen LogP contribution in [0.5, 0.6) is 0 Å². The first-order valence-electron chi connectivity index (χ1n) is 6.00. The van der Waals surface area contributed by atoms with Crippen LogP contribution in [0.3, 0.4) is 0 Å². The Bertz CT molecular complexity index is 412. The summed E-state index contributed by atoms with van der Waals surface area (Å²) < 4.78 is 0.834. The molecule has 4 heteroatoms. The Balaban J connectivity index is 2.15. The third-order valence-electron chi connectivity index (χ3n) is 2.84. The van der Waals surface area contributed by atoms with E-state index in [0.717, 1.165) is 29.1 Å². The molecule has 1 aliphatic carbocycles. The lowest BCUT2D eigenvalue weighted by atomic mass is 9.97. The highest BCUT2D eigenvalue weighted by Gasteiger charge is 2.12. The maximum absolute atomic E-state index is 5.36. The van der Waals surface area contributed by atoms with E-state index >= 15 is 0 Å². The van der Waals surface area contributed by atoms with Crippen molar-refractivity contribution >= 4 is 24.0 Å². The Morgan fingerprint density at radius 3 is 3.00 bits per heavy atom. The summed E-state index contributed by atoms with van der Waals surface area (Å²) >= 11 is 7.29. The van der Waals surface area contributed by atoms with Gasteiger partial charge in [-0.25, -0.2) is 4.98 Å². The molecule has 0 spiro atoms. The molecule has 0 aromatic carbocycles. The molecule has 88 valence electrons. The molecule has 0 radical (unpaired) electrons. The minimum Gasteiger partial charge on any atom is -0.346 e. The van der Waals surface area contributed by atoms with Gasteiger partial charge in [-0.2, -0.15) is 11.8 Å². The number of thioether (sulfide) groups is 1. The van der Waals surface area contributed by atoms with Gasteiger partial charge in [-0.3, -0.25) is 0 Å². The fourth-order valence-corrected chi connectivity index (χ4v) is 3.15. The molecule has 0 saturated heterocycles. The summed E-state index contributed by atoms with van der Waals surface area (Å²) in [6.07, 6.45) is 6.02. The Labute approximate surface area is 106 Å². The van der Waals surface area contributed by atoms with Gasteiger partial charge in [-0.15, -0.1) is 0 Å². The Morgan fingerprint density at radius 2 is 2.19 bits per heavy atom. The SMILES string of the molecule is CCCSCc1nc(=S)c2c([nH]1)CCCC2. The zero-order chi connectivity index (χ0) is 11.4. The van der Waals surface area contributed by atoms with Gasteiger partial charge < -0.3 is 4.98 Å². The van der Waals surface area contributed by atoms with Crippen molar-refractivity contribution in [1.82, 2.24) is 9.97 Å².